The summed E-state index contributed by atoms with van der Waals surface area (Å²) in [7, 11) is 1.39. The molecule has 7 nitrogen and oxygen atoms in total. The van der Waals surface area contributed by atoms with Gasteiger partial charge in [-0.2, -0.15) is 4.98 Å². The molecule has 0 unspecified atom stereocenters. The number of aromatic carboxylic acids is 1. The number of methoxy groups -OCH3 is 1. The van der Waals surface area contributed by atoms with Crippen LogP contribution in [0.2, 0.25) is 5.15 Å². The minimum absolute atomic E-state index is 0.00691. The van der Waals surface area contributed by atoms with Crippen molar-refractivity contribution in [2.45, 2.75) is 0 Å². The van der Waals surface area contributed by atoms with Crippen LogP contribution in [-0.2, 0) is 0 Å². The lowest BCUT2D eigenvalue weighted by Crippen LogP contribution is -2.18. The van der Waals surface area contributed by atoms with E-state index in [0.29, 0.717) is 0 Å². The Morgan fingerprint density at radius 2 is 1.90 bits per heavy atom. The lowest BCUT2D eigenvalue weighted by Gasteiger charge is -2.07. The molecule has 8 heteroatoms. The smallest absolute Gasteiger partial charge is 0.336 e. The molecule has 1 aromatic carbocycles. The number of rotatable bonds is 4. The zero-order valence-corrected chi connectivity index (χ0v) is 11.6. The van der Waals surface area contributed by atoms with Gasteiger partial charge in [0.2, 0.25) is 11.8 Å². The van der Waals surface area contributed by atoms with Crippen molar-refractivity contribution >= 4 is 29.4 Å². The van der Waals surface area contributed by atoms with Gasteiger partial charge in [-0.3, -0.25) is 10.1 Å². The Kier molecular flexibility index (Phi) is 4.34. The molecule has 0 atom stereocenters. The number of carboxylic acid groups (broad SMARTS) is 1. The van der Waals surface area contributed by atoms with Gasteiger partial charge in [0, 0.05) is 6.07 Å². The van der Waals surface area contributed by atoms with Crippen LogP contribution in [0.25, 0.3) is 0 Å². The molecule has 0 spiro atoms. The summed E-state index contributed by atoms with van der Waals surface area (Å²) in [6.07, 6.45) is 0. The van der Waals surface area contributed by atoms with Gasteiger partial charge in [0.1, 0.15) is 5.15 Å². The molecule has 0 fully saturated rings. The first kappa shape index (κ1) is 14.7. The largest absolute Gasteiger partial charge is 0.481 e. The zero-order valence-electron chi connectivity index (χ0n) is 10.8. The van der Waals surface area contributed by atoms with E-state index in [1.807, 2.05) is 0 Å². The molecule has 0 aliphatic carbocycles. The topological polar surface area (TPSA) is 101 Å². The Morgan fingerprint density at radius 1 is 1.24 bits per heavy atom. The van der Waals surface area contributed by atoms with Gasteiger partial charge in [0.25, 0.3) is 5.91 Å². The SMILES string of the molecule is COc1cc(Cl)nc(NC(=O)c2ccccc2C(=O)O)n1. The van der Waals surface area contributed by atoms with Crippen molar-refractivity contribution in [3.05, 3.63) is 46.6 Å². The van der Waals surface area contributed by atoms with E-state index in [9.17, 15) is 9.59 Å². The Labute approximate surface area is 124 Å². The molecule has 2 N–H and O–H groups in total. The Bertz CT molecular complexity index is 706. The van der Waals surface area contributed by atoms with Crippen molar-refractivity contribution < 1.29 is 19.4 Å². The van der Waals surface area contributed by atoms with Crippen LogP contribution in [0.5, 0.6) is 5.88 Å². The van der Waals surface area contributed by atoms with Crippen LogP contribution in [0.3, 0.4) is 0 Å². The van der Waals surface area contributed by atoms with Gasteiger partial charge >= 0.3 is 5.97 Å². The fourth-order valence-corrected chi connectivity index (χ4v) is 1.77. The molecule has 108 valence electrons. The van der Waals surface area contributed by atoms with Gasteiger partial charge in [-0.15, -0.1) is 0 Å². The van der Waals surface area contributed by atoms with Gasteiger partial charge in [-0.1, -0.05) is 23.7 Å². The van der Waals surface area contributed by atoms with Crippen LogP contribution in [-0.4, -0.2) is 34.1 Å². The lowest BCUT2D eigenvalue weighted by molar-refractivity contribution is 0.0692. The number of aromatic nitrogens is 2. The monoisotopic (exact) mass is 307 g/mol. The maximum atomic E-state index is 12.1. The average molecular weight is 308 g/mol. The summed E-state index contributed by atoms with van der Waals surface area (Å²) in [6, 6.07) is 7.18. The van der Waals surface area contributed by atoms with Gasteiger partial charge in [0.05, 0.1) is 18.2 Å². The number of halogens is 1. The van der Waals surface area contributed by atoms with E-state index in [4.69, 9.17) is 21.4 Å². The number of nitrogens with zero attached hydrogens (tertiary/aromatic N) is 2. The summed E-state index contributed by atoms with van der Waals surface area (Å²) >= 11 is 5.76. The second-order valence-corrected chi connectivity index (χ2v) is 4.25. The van der Waals surface area contributed by atoms with E-state index in [1.165, 1.54) is 31.4 Å². The molecule has 0 aliphatic rings. The molecule has 0 bridgehead atoms. The molecule has 0 radical (unpaired) electrons. The number of hydrogen-bond acceptors (Lipinski definition) is 5. The number of anilines is 1. The van der Waals surface area contributed by atoms with E-state index < -0.39 is 11.9 Å². The maximum Gasteiger partial charge on any atom is 0.336 e. The highest BCUT2D eigenvalue weighted by Gasteiger charge is 2.17. The fraction of sp³-hybridized carbons (Fsp3) is 0.0769. The van der Waals surface area contributed by atoms with E-state index in [2.05, 4.69) is 15.3 Å². The van der Waals surface area contributed by atoms with Crippen LogP contribution in [0.1, 0.15) is 20.7 Å². The number of carbonyl (C=O) groups excluding carboxylic acids is 1. The molecule has 0 saturated carbocycles. The molecule has 0 aliphatic heterocycles. The van der Waals surface area contributed by atoms with E-state index >= 15 is 0 Å². The standard InChI is InChI=1S/C13H10ClN3O4/c1-21-10-6-9(14)15-13(16-10)17-11(18)7-4-2-3-5-8(7)12(19)20/h2-6H,1H3,(H,19,20)(H,15,16,17,18). The zero-order chi connectivity index (χ0) is 15.4. The summed E-state index contributed by atoms with van der Waals surface area (Å²) in [5, 5.41) is 11.5. The van der Waals surface area contributed by atoms with Crippen molar-refractivity contribution in [1.82, 2.24) is 9.97 Å². The van der Waals surface area contributed by atoms with Crippen molar-refractivity contribution in [2.75, 3.05) is 12.4 Å². The first-order chi connectivity index (χ1) is 10.0. The van der Waals surface area contributed by atoms with Crippen molar-refractivity contribution in [3.8, 4) is 5.88 Å². The minimum Gasteiger partial charge on any atom is -0.481 e. The summed E-state index contributed by atoms with van der Waals surface area (Å²) in [6.45, 7) is 0. The third-order valence-electron chi connectivity index (χ3n) is 2.51. The number of amides is 1. The van der Waals surface area contributed by atoms with Crippen molar-refractivity contribution in [3.63, 3.8) is 0 Å². The second-order valence-electron chi connectivity index (χ2n) is 3.86. The van der Waals surface area contributed by atoms with Gasteiger partial charge in [0.15, 0.2) is 0 Å². The van der Waals surface area contributed by atoms with Crippen LogP contribution >= 0.6 is 11.6 Å². The van der Waals surface area contributed by atoms with Crippen LogP contribution in [0.15, 0.2) is 30.3 Å². The molecular formula is C13H10ClN3O4. The summed E-state index contributed by atoms with van der Waals surface area (Å²) in [5.74, 6) is -1.76. The molecule has 2 aromatic rings. The quantitative estimate of drug-likeness (QED) is 0.839. The highest BCUT2D eigenvalue weighted by Crippen LogP contribution is 2.17. The van der Waals surface area contributed by atoms with Crippen LogP contribution in [0, 0.1) is 0 Å². The van der Waals surface area contributed by atoms with Gasteiger partial charge in [-0.25, -0.2) is 9.78 Å². The molecule has 0 saturated heterocycles. The van der Waals surface area contributed by atoms with E-state index in [1.54, 1.807) is 6.07 Å². The number of ether oxygens (including phenoxy) is 1. The number of hydrogen-bond donors (Lipinski definition) is 2. The molecule has 1 heterocycles. The number of nitrogens with one attached hydrogen (secondary N) is 1. The third kappa shape index (κ3) is 3.46. The number of benzene rings is 1. The van der Waals surface area contributed by atoms with Gasteiger partial charge in [-0.05, 0) is 12.1 Å². The van der Waals surface area contributed by atoms with Crippen molar-refractivity contribution in [1.29, 1.82) is 0 Å². The van der Waals surface area contributed by atoms with Gasteiger partial charge < -0.3 is 9.84 Å². The first-order valence-corrected chi connectivity index (χ1v) is 6.11. The van der Waals surface area contributed by atoms with Crippen LogP contribution < -0.4 is 10.1 Å². The summed E-state index contributed by atoms with van der Waals surface area (Å²) < 4.78 is 4.90. The normalized spacial score (nSPS) is 10.0. The third-order valence-corrected chi connectivity index (χ3v) is 2.70. The van der Waals surface area contributed by atoms with Crippen molar-refractivity contribution in [2.24, 2.45) is 0 Å². The summed E-state index contributed by atoms with van der Waals surface area (Å²) in [5.41, 5.74) is -0.128. The molecule has 1 aromatic heterocycles. The average Bonchev–Trinajstić information content (AvgIpc) is 2.46. The first-order valence-electron chi connectivity index (χ1n) is 5.73. The Hall–Kier alpha value is -2.67. The molecule has 21 heavy (non-hydrogen) atoms. The second kappa shape index (κ2) is 6.19. The Morgan fingerprint density at radius 3 is 2.52 bits per heavy atom. The van der Waals surface area contributed by atoms with Crippen LogP contribution in [0.4, 0.5) is 5.95 Å². The fourth-order valence-electron chi connectivity index (χ4n) is 1.59. The molecule has 1 amide bonds. The Balaban J connectivity index is 2.30. The molecular weight excluding hydrogens is 298 g/mol. The van der Waals surface area contributed by atoms with E-state index in [0.717, 1.165) is 0 Å². The lowest BCUT2D eigenvalue weighted by atomic mass is 10.1. The summed E-state index contributed by atoms with van der Waals surface area (Å²) in [4.78, 5) is 30.9. The predicted octanol–water partition coefficient (Wildman–Crippen LogP) is 2.09. The molecule has 2 rings (SSSR count). The number of carboxylic acids is 1. The maximum absolute atomic E-state index is 12.1. The predicted molar refractivity (Wildman–Crippen MR) is 74.9 cm³/mol. The van der Waals surface area contributed by atoms with E-state index in [-0.39, 0.29) is 28.1 Å². The highest BCUT2D eigenvalue weighted by molar-refractivity contribution is 6.29. The minimum atomic E-state index is -1.20. The number of carbonyl (C=O) groups is 2. The highest BCUT2D eigenvalue weighted by atomic mass is 35.5.